The first-order valence-electron chi connectivity index (χ1n) is 9.18. The molecule has 0 amide bonds. The van der Waals surface area contributed by atoms with E-state index in [9.17, 15) is 4.79 Å². The number of para-hydroxylation sites is 2. The van der Waals surface area contributed by atoms with Crippen molar-refractivity contribution < 1.29 is 4.74 Å². The molecule has 0 saturated carbocycles. The molecule has 0 saturated heterocycles. The number of hydrogen-bond acceptors (Lipinski definition) is 6. The highest BCUT2D eigenvalue weighted by Gasteiger charge is 2.28. The van der Waals surface area contributed by atoms with Crippen molar-refractivity contribution in [1.29, 1.82) is 0 Å². The third-order valence-electron chi connectivity index (χ3n) is 5.05. The van der Waals surface area contributed by atoms with Crippen LogP contribution in [0, 0.1) is 13.8 Å². The second-order valence-electron chi connectivity index (χ2n) is 6.93. The molecule has 4 rings (SSSR count). The number of rotatable bonds is 4. The third kappa shape index (κ3) is 3.25. The molecule has 0 radical (unpaired) electrons. The summed E-state index contributed by atoms with van der Waals surface area (Å²) in [6, 6.07) is 11.8. The fourth-order valence-corrected chi connectivity index (χ4v) is 3.47. The second-order valence-corrected chi connectivity index (χ2v) is 6.93. The zero-order valence-corrected chi connectivity index (χ0v) is 16.3. The molecule has 0 N–H and O–H groups in total. The Bertz CT molecular complexity index is 1050. The number of benzene rings is 1. The van der Waals surface area contributed by atoms with Crippen molar-refractivity contribution in [2.45, 2.75) is 27.1 Å². The van der Waals surface area contributed by atoms with E-state index in [4.69, 9.17) is 9.72 Å². The maximum absolute atomic E-state index is 13.0. The molecule has 2 aromatic heterocycles. The Hall–Kier alpha value is -3.19. The third-order valence-corrected chi connectivity index (χ3v) is 5.05. The molecule has 1 aliphatic heterocycles. The van der Waals surface area contributed by atoms with Gasteiger partial charge in [-0.15, -0.1) is 0 Å². The van der Waals surface area contributed by atoms with E-state index < -0.39 is 0 Å². The molecule has 1 aliphatic rings. The molecule has 3 heterocycles. The highest BCUT2D eigenvalue weighted by Crippen LogP contribution is 2.34. The van der Waals surface area contributed by atoms with E-state index in [0.717, 1.165) is 22.7 Å². The normalized spacial score (nSPS) is 14.0. The summed E-state index contributed by atoms with van der Waals surface area (Å²) in [5.74, 6) is 1.38. The van der Waals surface area contributed by atoms with Gasteiger partial charge in [0.2, 0.25) is 5.95 Å². The van der Waals surface area contributed by atoms with E-state index >= 15 is 0 Å². The lowest BCUT2D eigenvalue weighted by Crippen LogP contribution is -2.47. The van der Waals surface area contributed by atoms with Crippen molar-refractivity contribution in [2.75, 3.05) is 18.7 Å². The minimum absolute atomic E-state index is 0.0155. The summed E-state index contributed by atoms with van der Waals surface area (Å²) in [5.41, 5.74) is 3.38. The van der Waals surface area contributed by atoms with E-state index in [-0.39, 0.29) is 5.56 Å². The van der Waals surface area contributed by atoms with Crippen LogP contribution in [0.5, 0.6) is 5.75 Å². The highest BCUT2D eigenvalue weighted by atomic mass is 16.5. The maximum atomic E-state index is 13.0. The minimum Gasteiger partial charge on any atom is -0.495 e. The van der Waals surface area contributed by atoms with Crippen molar-refractivity contribution in [3.8, 4) is 5.75 Å². The van der Waals surface area contributed by atoms with Crippen molar-refractivity contribution in [3.05, 3.63) is 76.0 Å². The van der Waals surface area contributed by atoms with Gasteiger partial charge in [0, 0.05) is 30.2 Å². The highest BCUT2D eigenvalue weighted by molar-refractivity contribution is 5.66. The van der Waals surface area contributed by atoms with Crippen LogP contribution in [0.4, 0.5) is 11.6 Å². The number of ether oxygens (including phenoxy) is 1. The zero-order valence-electron chi connectivity index (χ0n) is 16.3. The van der Waals surface area contributed by atoms with Gasteiger partial charge in [-0.2, -0.15) is 0 Å². The SMILES string of the molecule is COc1ccccc1N1CN(Cc2cccnc2)Cn2c1nc(C)c(C)c2=O. The summed E-state index contributed by atoms with van der Waals surface area (Å²) in [4.78, 5) is 26.2. The van der Waals surface area contributed by atoms with Gasteiger partial charge < -0.3 is 4.74 Å². The summed E-state index contributed by atoms with van der Waals surface area (Å²) in [5, 5.41) is 0. The van der Waals surface area contributed by atoms with Crippen LogP contribution in [0.1, 0.15) is 16.8 Å². The molecule has 0 fully saturated rings. The number of aromatic nitrogens is 3. The Morgan fingerprint density at radius 2 is 1.93 bits per heavy atom. The molecule has 0 aliphatic carbocycles. The summed E-state index contributed by atoms with van der Waals surface area (Å²) in [6.07, 6.45) is 3.61. The number of aryl methyl sites for hydroxylation is 1. The summed E-state index contributed by atoms with van der Waals surface area (Å²) in [7, 11) is 1.65. The molecule has 7 heteroatoms. The van der Waals surface area contributed by atoms with Gasteiger partial charge in [0.1, 0.15) is 5.75 Å². The predicted octanol–water partition coefficient (Wildman–Crippen LogP) is 2.83. The standard InChI is InChI=1S/C21H23N5O2/c1-15-16(2)23-21-25(18-8-4-5-9-19(18)28-3)13-24(14-26(21)20(15)27)12-17-7-6-10-22-11-17/h4-11H,12-14H2,1-3H3. The van der Waals surface area contributed by atoms with Gasteiger partial charge >= 0.3 is 0 Å². The van der Waals surface area contributed by atoms with E-state index in [2.05, 4.69) is 9.88 Å². The number of pyridine rings is 1. The summed E-state index contributed by atoms with van der Waals surface area (Å²) in [6.45, 7) is 5.44. The molecular weight excluding hydrogens is 354 g/mol. The smallest absolute Gasteiger partial charge is 0.259 e. The van der Waals surface area contributed by atoms with Crippen LogP contribution in [-0.2, 0) is 13.2 Å². The van der Waals surface area contributed by atoms with Crippen LogP contribution in [0.2, 0.25) is 0 Å². The largest absolute Gasteiger partial charge is 0.495 e. The summed E-state index contributed by atoms with van der Waals surface area (Å²) >= 11 is 0. The van der Waals surface area contributed by atoms with E-state index in [1.807, 2.05) is 61.3 Å². The average Bonchev–Trinajstić information content (AvgIpc) is 2.73. The van der Waals surface area contributed by atoms with E-state index in [1.54, 1.807) is 17.9 Å². The number of fused-ring (bicyclic) bond motifs is 1. The maximum Gasteiger partial charge on any atom is 0.259 e. The fourth-order valence-electron chi connectivity index (χ4n) is 3.47. The molecule has 1 aromatic carbocycles. The van der Waals surface area contributed by atoms with Crippen LogP contribution in [0.3, 0.4) is 0 Å². The van der Waals surface area contributed by atoms with Crippen molar-refractivity contribution in [1.82, 2.24) is 19.4 Å². The summed E-state index contributed by atoms with van der Waals surface area (Å²) < 4.78 is 7.30. The lowest BCUT2D eigenvalue weighted by Gasteiger charge is -2.38. The molecule has 0 atom stereocenters. The number of anilines is 2. The lowest BCUT2D eigenvalue weighted by atomic mass is 10.2. The van der Waals surface area contributed by atoms with Crippen molar-refractivity contribution in [3.63, 3.8) is 0 Å². The van der Waals surface area contributed by atoms with Crippen LogP contribution in [0.15, 0.2) is 53.6 Å². The van der Waals surface area contributed by atoms with Gasteiger partial charge in [0.15, 0.2) is 0 Å². The topological polar surface area (TPSA) is 63.5 Å². The van der Waals surface area contributed by atoms with Crippen molar-refractivity contribution >= 4 is 11.6 Å². The molecule has 7 nitrogen and oxygen atoms in total. The Kier molecular flexibility index (Phi) is 4.83. The van der Waals surface area contributed by atoms with E-state index in [1.165, 1.54) is 0 Å². The van der Waals surface area contributed by atoms with Crippen LogP contribution < -0.4 is 15.2 Å². The molecule has 0 unspecified atom stereocenters. The predicted molar refractivity (Wildman–Crippen MR) is 108 cm³/mol. The average molecular weight is 377 g/mol. The Morgan fingerprint density at radius 3 is 2.68 bits per heavy atom. The Morgan fingerprint density at radius 1 is 1.11 bits per heavy atom. The molecule has 28 heavy (non-hydrogen) atoms. The number of hydrogen-bond donors (Lipinski definition) is 0. The van der Waals surface area contributed by atoms with Crippen LogP contribution >= 0.6 is 0 Å². The van der Waals surface area contributed by atoms with Gasteiger partial charge in [0.25, 0.3) is 5.56 Å². The zero-order chi connectivity index (χ0) is 19.7. The van der Waals surface area contributed by atoms with Crippen LogP contribution in [0.25, 0.3) is 0 Å². The van der Waals surface area contributed by atoms with Crippen LogP contribution in [-0.4, -0.2) is 33.2 Å². The first-order chi connectivity index (χ1) is 13.6. The first-order valence-corrected chi connectivity index (χ1v) is 9.18. The molecule has 3 aromatic rings. The van der Waals surface area contributed by atoms with Crippen molar-refractivity contribution in [2.24, 2.45) is 0 Å². The van der Waals surface area contributed by atoms with E-state index in [0.29, 0.717) is 31.4 Å². The van der Waals surface area contributed by atoms with Gasteiger partial charge in [-0.1, -0.05) is 18.2 Å². The van der Waals surface area contributed by atoms with Gasteiger partial charge in [0.05, 0.1) is 26.1 Å². The Balaban J connectivity index is 1.81. The monoisotopic (exact) mass is 377 g/mol. The quantitative estimate of drug-likeness (QED) is 0.697. The Labute approximate surface area is 163 Å². The number of methoxy groups -OCH3 is 1. The van der Waals surface area contributed by atoms with Gasteiger partial charge in [-0.05, 0) is 37.6 Å². The molecular formula is C21H23N5O2. The number of nitrogens with zero attached hydrogens (tertiary/aromatic N) is 5. The lowest BCUT2D eigenvalue weighted by molar-refractivity contribution is 0.189. The molecule has 144 valence electrons. The molecule has 0 spiro atoms. The fraction of sp³-hybridized carbons (Fsp3) is 0.286. The second kappa shape index (κ2) is 7.44. The van der Waals surface area contributed by atoms with Gasteiger partial charge in [-0.3, -0.25) is 24.1 Å². The molecule has 0 bridgehead atoms. The van der Waals surface area contributed by atoms with Gasteiger partial charge in [-0.25, -0.2) is 4.98 Å². The first kappa shape index (κ1) is 18.2. The minimum atomic E-state index is -0.0155.